The molecule has 0 atom stereocenters. The Hall–Kier alpha value is -1.86. The van der Waals surface area contributed by atoms with Crippen LogP contribution in [0.1, 0.15) is 15.9 Å². The topological polar surface area (TPSA) is 49.3 Å². The van der Waals surface area contributed by atoms with Crippen LogP contribution in [0.25, 0.3) is 0 Å². The van der Waals surface area contributed by atoms with E-state index in [1.54, 1.807) is 12.1 Å². The van der Waals surface area contributed by atoms with E-state index in [4.69, 9.17) is 5.11 Å². The average Bonchev–Trinajstić information content (AvgIpc) is 2.42. The van der Waals surface area contributed by atoms with Crippen LogP contribution in [0.15, 0.2) is 46.2 Å². The van der Waals surface area contributed by atoms with Crippen molar-refractivity contribution in [3.63, 3.8) is 0 Å². The molecule has 8 heteroatoms. The minimum Gasteiger partial charge on any atom is -0.478 e. The number of alkyl halides is 3. The smallest absolute Gasteiger partial charge is 0.416 e. The van der Waals surface area contributed by atoms with Gasteiger partial charge in [-0.25, -0.2) is 4.79 Å². The van der Waals surface area contributed by atoms with Crippen molar-refractivity contribution in [3.05, 3.63) is 47.5 Å². The summed E-state index contributed by atoms with van der Waals surface area (Å²) in [6.45, 7) is 0. The standard InChI is InChI=1S/C14H8F3NO2S.ClH/c15-14(16,17)7-4-5-10-9(6-7)18-12-8(13(19)20)2-1-3-11(12)21-10;/h1-6,18H,(H,19,20);1H. The summed E-state index contributed by atoms with van der Waals surface area (Å²) in [6.07, 6.45) is -4.44. The fourth-order valence-electron chi connectivity index (χ4n) is 2.07. The molecule has 0 aliphatic carbocycles. The van der Waals surface area contributed by atoms with E-state index < -0.39 is 17.7 Å². The van der Waals surface area contributed by atoms with Gasteiger partial charge in [-0.15, -0.1) is 12.4 Å². The number of carboxylic acid groups (broad SMARTS) is 1. The molecule has 1 aliphatic rings. The van der Waals surface area contributed by atoms with Crippen molar-refractivity contribution >= 4 is 41.5 Å². The molecule has 2 aromatic carbocycles. The lowest BCUT2D eigenvalue weighted by Crippen LogP contribution is -2.10. The normalized spacial score (nSPS) is 12.5. The molecule has 0 unspecified atom stereocenters. The Kier molecular flexibility index (Phi) is 4.30. The number of hydrogen-bond acceptors (Lipinski definition) is 3. The second-order valence-electron chi connectivity index (χ2n) is 4.42. The highest BCUT2D eigenvalue weighted by Crippen LogP contribution is 2.47. The Morgan fingerprint density at radius 1 is 1.14 bits per heavy atom. The van der Waals surface area contributed by atoms with Gasteiger partial charge in [-0.05, 0) is 30.3 Å². The molecular formula is C14H9ClF3NO2S. The number of nitrogens with one attached hydrogen (secondary N) is 1. The summed E-state index contributed by atoms with van der Waals surface area (Å²) >= 11 is 1.24. The van der Waals surface area contributed by atoms with Crippen LogP contribution in [0.4, 0.5) is 24.5 Å². The van der Waals surface area contributed by atoms with Crippen LogP contribution < -0.4 is 5.32 Å². The van der Waals surface area contributed by atoms with Crippen molar-refractivity contribution in [1.82, 2.24) is 0 Å². The first-order valence-electron chi connectivity index (χ1n) is 5.88. The Balaban J connectivity index is 0.00000176. The van der Waals surface area contributed by atoms with Crippen molar-refractivity contribution in [1.29, 1.82) is 0 Å². The molecule has 1 heterocycles. The molecule has 1 aliphatic heterocycles. The molecule has 0 amide bonds. The van der Waals surface area contributed by atoms with Gasteiger partial charge in [0.15, 0.2) is 0 Å². The van der Waals surface area contributed by atoms with Crippen LogP contribution in [0.5, 0.6) is 0 Å². The first-order chi connectivity index (χ1) is 9.86. The zero-order valence-corrected chi connectivity index (χ0v) is 12.4. The third-order valence-corrected chi connectivity index (χ3v) is 4.18. The predicted octanol–water partition coefficient (Wildman–Crippen LogP) is 5.03. The van der Waals surface area contributed by atoms with Crippen molar-refractivity contribution in [2.75, 3.05) is 5.32 Å². The summed E-state index contributed by atoms with van der Waals surface area (Å²) in [5.74, 6) is -1.13. The molecule has 3 nitrogen and oxygen atoms in total. The van der Waals surface area contributed by atoms with Crippen LogP contribution in [-0.4, -0.2) is 11.1 Å². The Morgan fingerprint density at radius 2 is 1.86 bits per heavy atom. The average molecular weight is 348 g/mol. The van der Waals surface area contributed by atoms with Gasteiger partial charge in [-0.1, -0.05) is 17.8 Å². The number of aromatic carboxylic acids is 1. The van der Waals surface area contributed by atoms with Gasteiger partial charge in [0.05, 0.1) is 22.5 Å². The van der Waals surface area contributed by atoms with E-state index in [2.05, 4.69) is 5.32 Å². The van der Waals surface area contributed by atoms with E-state index in [-0.39, 0.29) is 23.7 Å². The summed E-state index contributed by atoms with van der Waals surface area (Å²) in [5.41, 5.74) is -0.161. The number of para-hydroxylation sites is 1. The first-order valence-corrected chi connectivity index (χ1v) is 6.70. The van der Waals surface area contributed by atoms with Gasteiger partial charge in [-0.2, -0.15) is 13.2 Å². The summed E-state index contributed by atoms with van der Waals surface area (Å²) in [4.78, 5) is 12.5. The third-order valence-electron chi connectivity index (χ3n) is 3.04. The quantitative estimate of drug-likeness (QED) is 0.648. The van der Waals surface area contributed by atoms with Crippen LogP contribution in [0.2, 0.25) is 0 Å². The van der Waals surface area contributed by atoms with Gasteiger partial charge in [0.2, 0.25) is 0 Å². The minimum absolute atomic E-state index is 0. The fraction of sp³-hybridized carbons (Fsp3) is 0.0714. The maximum atomic E-state index is 12.7. The Bertz CT molecular complexity index is 749. The van der Waals surface area contributed by atoms with E-state index in [0.29, 0.717) is 15.5 Å². The number of hydrogen-bond donors (Lipinski definition) is 2. The van der Waals surface area contributed by atoms with Gasteiger partial charge in [-0.3, -0.25) is 0 Å². The lowest BCUT2D eigenvalue weighted by Gasteiger charge is -2.23. The van der Waals surface area contributed by atoms with Crippen molar-refractivity contribution in [2.45, 2.75) is 16.0 Å². The van der Waals surface area contributed by atoms with Crippen molar-refractivity contribution < 1.29 is 23.1 Å². The number of anilines is 2. The molecule has 0 saturated heterocycles. The molecule has 0 fully saturated rings. The van der Waals surface area contributed by atoms with E-state index >= 15 is 0 Å². The number of carbonyl (C=O) groups is 1. The number of benzene rings is 2. The van der Waals surface area contributed by atoms with Crippen LogP contribution in [0, 0.1) is 0 Å². The number of rotatable bonds is 1. The lowest BCUT2D eigenvalue weighted by atomic mass is 10.1. The first kappa shape index (κ1) is 16.5. The van der Waals surface area contributed by atoms with Crippen LogP contribution in [-0.2, 0) is 6.18 Å². The maximum Gasteiger partial charge on any atom is 0.416 e. The van der Waals surface area contributed by atoms with Gasteiger partial charge in [0.1, 0.15) is 0 Å². The molecule has 0 aromatic heterocycles. The Labute approximate surface area is 133 Å². The summed E-state index contributed by atoms with van der Waals surface area (Å²) < 4.78 is 38.2. The highest BCUT2D eigenvalue weighted by Gasteiger charge is 2.32. The van der Waals surface area contributed by atoms with Gasteiger partial charge >= 0.3 is 12.1 Å². The summed E-state index contributed by atoms with van der Waals surface area (Å²) in [6, 6.07) is 8.12. The lowest BCUT2D eigenvalue weighted by molar-refractivity contribution is -0.137. The molecule has 0 radical (unpaired) electrons. The number of fused-ring (bicyclic) bond motifs is 2. The molecular weight excluding hydrogens is 339 g/mol. The molecule has 0 bridgehead atoms. The Morgan fingerprint density at radius 3 is 2.50 bits per heavy atom. The maximum absolute atomic E-state index is 12.7. The SMILES string of the molecule is Cl.O=C(O)c1cccc2c1Nc1cc(C(F)(F)F)ccc1S2. The van der Waals surface area contributed by atoms with Crippen LogP contribution >= 0.6 is 24.2 Å². The molecule has 2 N–H and O–H groups in total. The predicted molar refractivity (Wildman–Crippen MR) is 79.5 cm³/mol. The van der Waals surface area contributed by atoms with Crippen molar-refractivity contribution in [2.24, 2.45) is 0 Å². The molecule has 0 spiro atoms. The number of halogens is 4. The molecule has 3 rings (SSSR count). The van der Waals surface area contributed by atoms with E-state index in [1.807, 2.05) is 0 Å². The van der Waals surface area contributed by atoms with Gasteiger partial charge in [0, 0.05) is 9.79 Å². The van der Waals surface area contributed by atoms with E-state index in [0.717, 1.165) is 12.1 Å². The van der Waals surface area contributed by atoms with Gasteiger partial charge in [0.25, 0.3) is 0 Å². The molecule has 0 saturated carbocycles. The zero-order valence-electron chi connectivity index (χ0n) is 10.8. The fourth-order valence-corrected chi connectivity index (χ4v) is 3.07. The highest BCUT2D eigenvalue weighted by molar-refractivity contribution is 7.99. The number of carboxylic acids is 1. The molecule has 2 aromatic rings. The second kappa shape index (κ2) is 5.73. The van der Waals surface area contributed by atoms with Gasteiger partial charge < -0.3 is 10.4 Å². The largest absolute Gasteiger partial charge is 0.478 e. The minimum atomic E-state index is -4.44. The molecule has 116 valence electrons. The van der Waals surface area contributed by atoms with E-state index in [1.165, 1.54) is 23.9 Å². The van der Waals surface area contributed by atoms with Crippen LogP contribution in [0.3, 0.4) is 0 Å². The summed E-state index contributed by atoms with van der Waals surface area (Å²) in [7, 11) is 0. The third kappa shape index (κ3) is 2.86. The summed E-state index contributed by atoms with van der Waals surface area (Å²) in [5, 5.41) is 11.9. The van der Waals surface area contributed by atoms with E-state index in [9.17, 15) is 18.0 Å². The highest BCUT2D eigenvalue weighted by atomic mass is 35.5. The van der Waals surface area contributed by atoms with Crippen molar-refractivity contribution in [3.8, 4) is 0 Å². The zero-order chi connectivity index (χ0) is 15.2. The molecule has 22 heavy (non-hydrogen) atoms. The monoisotopic (exact) mass is 347 g/mol. The second-order valence-corrected chi connectivity index (χ2v) is 5.50.